The molecule has 1 aromatic heterocycles. The third-order valence-corrected chi connectivity index (χ3v) is 4.54. The van der Waals surface area contributed by atoms with Gasteiger partial charge in [-0.3, -0.25) is 9.78 Å². The van der Waals surface area contributed by atoms with Crippen LogP contribution >= 0.6 is 0 Å². The van der Waals surface area contributed by atoms with Crippen LogP contribution in [-0.4, -0.2) is 54.7 Å². The largest absolute Gasteiger partial charge is 0.490 e. The average Bonchev–Trinajstić information content (AvgIpc) is 2.91. The SMILES string of the molecule is CC.COC1(C(=O)N2CCOc3c(C#N)cncc3C2)CCNCC1. The number of nitrogens with one attached hydrogen (secondary N) is 1. The lowest BCUT2D eigenvalue weighted by molar-refractivity contribution is -0.159. The van der Waals surface area contributed by atoms with Crippen LogP contribution in [0.2, 0.25) is 0 Å². The highest BCUT2D eigenvalue weighted by atomic mass is 16.5. The van der Waals surface area contributed by atoms with E-state index in [4.69, 9.17) is 14.7 Å². The Kier molecular flexibility index (Phi) is 6.73. The molecule has 1 saturated heterocycles. The van der Waals surface area contributed by atoms with Crippen molar-refractivity contribution in [3.63, 3.8) is 0 Å². The van der Waals surface area contributed by atoms with Crippen LogP contribution in [0.25, 0.3) is 0 Å². The van der Waals surface area contributed by atoms with Crippen molar-refractivity contribution in [1.82, 2.24) is 15.2 Å². The van der Waals surface area contributed by atoms with Gasteiger partial charge in [0.1, 0.15) is 29.6 Å². The van der Waals surface area contributed by atoms with E-state index < -0.39 is 5.60 Å². The number of rotatable bonds is 2. The molecule has 1 fully saturated rings. The van der Waals surface area contributed by atoms with E-state index in [0.29, 0.717) is 43.9 Å². The molecule has 0 radical (unpaired) electrons. The number of pyridine rings is 1. The van der Waals surface area contributed by atoms with Gasteiger partial charge in [-0.15, -0.1) is 0 Å². The van der Waals surface area contributed by atoms with Gasteiger partial charge >= 0.3 is 0 Å². The van der Waals surface area contributed by atoms with Crippen LogP contribution in [0.15, 0.2) is 12.4 Å². The highest BCUT2D eigenvalue weighted by Crippen LogP contribution is 2.30. The van der Waals surface area contributed by atoms with Crippen molar-refractivity contribution >= 4 is 5.91 Å². The first-order valence-corrected chi connectivity index (χ1v) is 8.75. The minimum Gasteiger partial charge on any atom is -0.490 e. The number of ether oxygens (including phenoxy) is 2. The number of hydrogen-bond acceptors (Lipinski definition) is 6. The van der Waals surface area contributed by atoms with Gasteiger partial charge in [0.15, 0.2) is 0 Å². The lowest BCUT2D eigenvalue weighted by Gasteiger charge is -2.38. The summed E-state index contributed by atoms with van der Waals surface area (Å²) in [7, 11) is 1.60. The maximum atomic E-state index is 13.1. The molecule has 0 aromatic carbocycles. The number of carbonyl (C=O) groups is 1. The van der Waals surface area contributed by atoms with Crippen molar-refractivity contribution in [1.29, 1.82) is 5.26 Å². The van der Waals surface area contributed by atoms with Gasteiger partial charge in [0.05, 0.1) is 13.1 Å². The third-order valence-electron chi connectivity index (χ3n) is 4.54. The van der Waals surface area contributed by atoms with Crippen LogP contribution < -0.4 is 10.1 Å². The number of hydrogen-bond donors (Lipinski definition) is 1. The first-order valence-electron chi connectivity index (χ1n) is 8.75. The maximum Gasteiger partial charge on any atom is 0.255 e. The standard InChI is InChI=1S/C16H20N4O3.C2H6/c1-22-16(2-4-18-5-3-16)15(21)20-6-7-23-14-12(8-17)9-19-10-13(14)11-20;1-2/h9-10,18H,2-7,11H2,1H3;1-2H3. The number of piperidine rings is 1. The predicted molar refractivity (Wildman–Crippen MR) is 93.1 cm³/mol. The molecule has 3 rings (SSSR count). The van der Waals surface area contributed by atoms with Crippen LogP contribution in [0.1, 0.15) is 37.8 Å². The second-order valence-corrected chi connectivity index (χ2v) is 5.81. The molecule has 0 spiro atoms. The van der Waals surface area contributed by atoms with Crippen molar-refractivity contribution in [2.75, 3.05) is 33.4 Å². The zero-order valence-electron chi connectivity index (χ0n) is 15.2. The van der Waals surface area contributed by atoms with E-state index in [1.54, 1.807) is 18.2 Å². The fourth-order valence-corrected chi connectivity index (χ4v) is 3.19. The van der Waals surface area contributed by atoms with Crippen LogP contribution in [0.5, 0.6) is 5.75 Å². The first-order chi connectivity index (χ1) is 12.2. The molecule has 7 heteroatoms. The van der Waals surface area contributed by atoms with Crippen LogP contribution in [0.4, 0.5) is 0 Å². The van der Waals surface area contributed by atoms with E-state index in [2.05, 4.69) is 16.4 Å². The van der Waals surface area contributed by atoms with Crippen molar-refractivity contribution in [2.45, 2.75) is 38.8 Å². The molecule has 0 atom stereocenters. The van der Waals surface area contributed by atoms with Gasteiger partial charge in [-0.05, 0) is 25.9 Å². The Morgan fingerprint density at radius 3 is 2.76 bits per heavy atom. The summed E-state index contributed by atoms with van der Waals surface area (Å²) in [5, 5.41) is 12.4. The second-order valence-electron chi connectivity index (χ2n) is 5.81. The summed E-state index contributed by atoms with van der Waals surface area (Å²) in [6, 6.07) is 2.09. The zero-order valence-corrected chi connectivity index (χ0v) is 15.2. The molecule has 2 aliphatic heterocycles. The topological polar surface area (TPSA) is 87.5 Å². The normalized spacial score (nSPS) is 18.6. The van der Waals surface area contributed by atoms with Crippen LogP contribution in [0, 0.1) is 11.3 Å². The zero-order chi connectivity index (χ0) is 18.3. The summed E-state index contributed by atoms with van der Waals surface area (Å²) in [4.78, 5) is 18.9. The smallest absolute Gasteiger partial charge is 0.255 e. The molecule has 0 aliphatic carbocycles. The highest BCUT2D eigenvalue weighted by molar-refractivity contribution is 5.85. The minimum atomic E-state index is -0.768. The molecule has 3 heterocycles. The van der Waals surface area contributed by atoms with Crippen LogP contribution in [-0.2, 0) is 16.1 Å². The van der Waals surface area contributed by atoms with Gasteiger partial charge in [0.25, 0.3) is 5.91 Å². The second kappa shape index (κ2) is 8.79. The molecular weight excluding hydrogens is 320 g/mol. The van der Waals surface area contributed by atoms with E-state index in [1.165, 1.54) is 6.20 Å². The molecule has 7 nitrogen and oxygen atoms in total. The van der Waals surface area contributed by atoms with Gasteiger partial charge in [-0.25, -0.2) is 0 Å². The van der Waals surface area contributed by atoms with Gasteiger partial charge in [-0.1, -0.05) is 13.8 Å². The van der Waals surface area contributed by atoms with Gasteiger partial charge in [0, 0.05) is 25.1 Å². The van der Waals surface area contributed by atoms with Gasteiger partial charge < -0.3 is 19.7 Å². The number of methoxy groups -OCH3 is 1. The Morgan fingerprint density at radius 1 is 1.40 bits per heavy atom. The Bertz CT molecular complexity index is 636. The van der Waals surface area contributed by atoms with E-state index >= 15 is 0 Å². The number of amides is 1. The summed E-state index contributed by atoms with van der Waals surface area (Å²) >= 11 is 0. The molecule has 25 heavy (non-hydrogen) atoms. The minimum absolute atomic E-state index is 0.0136. The number of nitrogens with zero attached hydrogens (tertiary/aromatic N) is 3. The van der Waals surface area contributed by atoms with Crippen molar-refractivity contribution in [3.8, 4) is 11.8 Å². The Morgan fingerprint density at radius 2 is 2.12 bits per heavy atom. The van der Waals surface area contributed by atoms with E-state index in [9.17, 15) is 4.79 Å². The van der Waals surface area contributed by atoms with Crippen molar-refractivity contribution in [2.24, 2.45) is 0 Å². The lowest BCUT2D eigenvalue weighted by Crippen LogP contribution is -2.55. The third kappa shape index (κ3) is 3.91. The molecule has 1 aromatic rings. The van der Waals surface area contributed by atoms with Gasteiger partial charge in [0.2, 0.25) is 0 Å². The first kappa shape index (κ1) is 19.2. The Balaban J connectivity index is 0.00000109. The Labute approximate surface area is 148 Å². The summed E-state index contributed by atoms with van der Waals surface area (Å²) < 4.78 is 11.3. The Hall–Kier alpha value is -2.17. The molecule has 1 amide bonds. The van der Waals surface area contributed by atoms with Crippen molar-refractivity contribution in [3.05, 3.63) is 23.5 Å². The van der Waals surface area contributed by atoms with Crippen molar-refractivity contribution < 1.29 is 14.3 Å². The quantitative estimate of drug-likeness (QED) is 0.872. The molecule has 1 N–H and O–H groups in total. The van der Waals surface area contributed by atoms with E-state index in [0.717, 1.165) is 18.7 Å². The summed E-state index contributed by atoms with van der Waals surface area (Å²) in [5.74, 6) is 0.523. The monoisotopic (exact) mass is 346 g/mol. The molecule has 136 valence electrons. The average molecular weight is 346 g/mol. The number of aromatic nitrogens is 1. The molecular formula is C18H26N4O3. The summed E-state index contributed by atoms with van der Waals surface area (Å²) in [6.07, 6.45) is 4.45. The number of carbonyl (C=O) groups excluding carboxylic acids is 1. The number of fused-ring (bicyclic) bond motifs is 1. The lowest BCUT2D eigenvalue weighted by atomic mass is 9.90. The number of nitriles is 1. The predicted octanol–water partition coefficient (Wildman–Crippen LogP) is 1.47. The summed E-state index contributed by atoms with van der Waals surface area (Å²) in [6.45, 7) is 6.74. The van der Waals surface area contributed by atoms with Crippen LogP contribution in [0.3, 0.4) is 0 Å². The summed E-state index contributed by atoms with van der Waals surface area (Å²) in [5.41, 5.74) is 0.394. The highest BCUT2D eigenvalue weighted by Gasteiger charge is 2.42. The maximum absolute atomic E-state index is 13.1. The molecule has 0 bridgehead atoms. The fraction of sp³-hybridized carbons (Fsp3) is 0.611. The molecule has 2 aliphatic rings. The fourth-order valence-electron chi connectivity index (χ4n) is 3.19. The molecule has 0 unspecified atom stereocenters. The van der Waals surface area contributed by atoms with Gasteiger partial charge in [-0.2, -0.15) is 5.26 Å². The van der Waals surface area contributed by atoms with E-state index in [1.807, 2.05) is 13.8 Å². The van der Waals surface area contributed by atoms with E-state index in [-0.39, 0.29) is 5.91 Å². The molecule has 0 saturated carbocycles.